The van der Waals surface area contributed by atoms with Gasteiger partial charge >= 0.3 is 12.1 Å². The first-order chi connectivity index (χ1) is 8.25. The van der Waals surface area contributed by atoms with Crippen LogP contribution in [0, 0.1) is 0 Å². The van der Waals surface area contributed by atoms with Gasteiger partial charge in [-0.3, -0.25) is 9.59 Å². The van der Waals surface area contributed by atoms with Crippen molar-refractivity contribution in [2.24, 2.45) is 0 Å². The van der Waals surface area contributed by atoms with Crippen LogP contribution in [0.15, 0.2) is 18.2 Å². The average Bonchev–Trinajstić information content (AvgIpc) is 2.29. The molecule has 0 saturated carbocycles. The number of rotatable bonds is 3. The van der Waals surface area contributed by atoms with Gasteiger partial charge in [0.2, 0.25) is 0 Å². The molecule has 3 nitrogen and oxygen atoms in total. The third-order valence-corrected chi connectivity index (χ3v) is 2.39. The minimum absolute atomic E-state index is 0.147. The molecule has 8 heteroatoms. The predicted octanol–water partition coefficient (Wildman–Crippen LogP) is 3.26. The van der Waals surface area contributed by atoms with Crippen LogP contribution in [-0.2, 0) is 4.79 Å². The highest BCUT2D eigenvalue weighted by atomic mass is 35.5. The number of benzene rings is 1. The first kappa shape index (κ1) is 14.8. The summed E-state index contributed by atoms with van der Waals surface area (Å²) in [4.78, 5) is 22.2. The lowest BCUT2D eigenvalue weighted by atomic mass is 10.1. The van der Waals surface area contributed by atoms with E-state index in [0.29, 0.717) is 0 Å². The molecule has 0 aliphatic carbocycles. The summed E-state index contributed by atoms with van der Waals surface area (Å²) in [5.41, 5.74) is -0.456. The molecule has 1 rings (SSSR count). The summed E-state index contributed by atoms with van der Waals surface area (Å²) < 4.78 is 36.2. The SMILES string of the molecule is O=C(CCl)c1cc(Cl)ccc1NC(=O)C(F)(F)F. The number of amides is 1. The summed E-state index contributed by atoms with van der Waals surface area (Å²) in [6, 6.07) is 3.49. The normalized spacial score (nSPS) is 11.2. The number of ketones is 1. The van der Waals surface area contributed by atoms with Crippen LogP contribution in [0.5, 0.6) is 0 Å². The molecule has 0 aliphatic rings. The maximum absolute atomic E-state index is 12.1. The number of Topliss-reactive ketones (excluding diaryl/α,β-unsaturated/α-hetero) is 1. The molecule has 0 aliphatic heterocycles. The van der Waals surface area contributed by atoms with Gasteiger partial charge in [0, 0.05) is 10.6 Å². The van der Waals surface area contributed by atoms with E-state index in [1.165, 1.54) is 6.07 Å². The van der Waals surface area contributed by atoms with Crippen LogP contribution in [0.3, 0.4) is 0 Å². The van der Waals surface area contributed by atoms with Crippen LogP contribution in [0.25, 0.3) is 0 Å². The van der Waals surface area contributed by atoms with Gasteiger partial charge in [-0.25, -0.2) is 0 Å². The van der Waals surface area contributed by atoms with Crippen molar-refractivity contribution in [3.63, 3.8) is 0 Å². The molecule has 0 spiro atoms. The fraction of sp³-hybridized carbons (Fsp3) is 0.200. The van der Waals surface area contributed by atoms with Crippen LogP contribution in [0.1, 0.15) is 10.4 Å². The topological polar surface area (TPSA) is 46.2 Å². The molecule has 0 heterocycles. The number of carbonyl (C=O) groups is 2. The van der Waals surface area contributed by atoms with Gasteiger partial charge in [0.05, 0.1) is 11.6 Å². The molecule has 1 N–H and O–H groups in total. The third-order valence-electron chi connectivity index (χ3n) is 1.91. The Balaban J connectivity index is 3.09. The van der Waals surface area contributed by atoms with Gasteiger partial charge in [-0.05, 0) is 18.2 Å². The van der Waals surface area contributed by atoms with Crippen molar-refractivity contribution in [1.29, 1.82) is 0 Å². The standard InChI is InChI=1S/C10H6Cl2F3NO2/c11-4-8(17)6-3-5(12)1-2-7(6)16-9(18)10(13,14)15/h1-3H,4H2,(H,16,18). The summed E-state index contributed by atoms with van der Waals surface area (Å²) in [5, 5.41) is 1.74. The molecule has 18 heavy (non-hydrogen) atoms. The molecule has 0 bridgehead atoms. The second-order valence-electron chi connectivity index (χ2n) is 3.20. The number of hydrogen-bond acceptors (Lipinski definition) is 2. The number of nitrogens with one attached hydrogen (secondary N) is 1. The third kappa shape index (κ3) is 3.61. The average molecular weight is 300 g/mol. The number of alkyl halides is 4. The zero-order valence-electron chi connectivity index (χ0n) is 8.65. The summed E-state index contributed by atoms with van der Waals surface area (Å²) in [5.74, 6) is -3.25. The van der Waals surface area contributed by atoms with Gasteiger partial charge in [-0.15, -0.1) is 11.6 Å². The minimum Gasteiger partial charge on any atom is -0.318 e. The second kappa shape index (κ2) is 5.58. The molecule has 1 aromatic carbocycles. The molecular weight excluding hydrogens is 294 g/mol. The molecule has 98 valence electrons. The summed E-state index contributed by atoms with van der Waals surface area (Å²) in [7, 11) is 0. The molecule has 0 saturated heterocycles. The van der Waals surface area contributed by atoms with Crippen molar-refractivity contribution >= 4 is 40.6 Å². The predicted molar refractivity (Wildman–Crippen MR) is 61.2 cm³/mol. The van der Waals surface area contributed by atoms with Gasteiger partial charge in [0.1, 0.15) is 0 Å². The molecule has 1 amide bonds. The van der Waals surface area contributed by atoms with Gasteiger partial charge in [0.25, 0.3) is 0 Å². The van der Waals surface area contributed by atoms with Crippen LogP contribution < -0.4 is 5.32 Å². The van der Waals surface area contributed by atoms with Gasteiger partial charge in [0.15, 0.2) is 5.78 Å². The van der Waals surface area contributed by atoms with Crippen LogP contribution in [0.2, 0.25) is 5.02 Å². The fourth-order valence-corrected chi connectivity index (χ4v) is 1.44. The Labute approximate surface area is 110 Å². The Morgan fingerprint density at radius 1 is 1.28 bits per heavy atom. The maximum atomic E-state index is 12.1. The van der Waals surface area contributed by atoms with E-state index in [1.54, 1.807) is 5.32 Å². The molecule has 0 aromatic heterocycles. The van der Waals surface area contributed by atoms with E-state index in [4.69, 9.17) is 23.2 Å². The number of halogens is 5. The van der Waals surface area contributed by atoms with Crippen molar-refractivity contribution in [2.75, 3.05) is 11.2 Å². The summed E-state index contributed by atoms with van der Waals surface area (Å²) in [6.45, 7) is 0. The molecule has 0 unspecified atom stereocenters. The summed E-state index contributed by atoms with van der Waals surface area (Å²) in [6.07, 6.45) is -5.04. The second-order valence-corrected chi connectivity index (χ2v) is 3.90. The van der Waals surface area contributed by atoms with Crippen molar-refractivity contribution in [3.8, 4) is 0 Å². The Morgan fingerprint density at radius 2 is 1.89 bits per heavy atom. The Kier molecular flexibility index (Phi) is 4.59. The van der Waals surface area contributed by atoms with Crippen molar-refractivity contribution in [2.45, 2.75) is 6.18 Å². The molecule has 0 radical (unpaired) electrons. The zero-order valence-corrected chi connectivity index (χ0v) is 10.2. The van der Waals surface area contributed by atoms with E-state index in [0.717, 1.165) is 12.1 Å². The van der Waals surface area contributed by atoms with E-state index >= 15 is 0 Å². The molecule has 0 atom stereocenters. The van der Waals surface area contributed by atoms with E-state index in [1.807, 2.05) is 0 Å². The van der Waals surface area contributed by atoms with Crippen molar-refractivity contribution in [1.82, 2.24) is 0 Å². The monoisotopic (exact) mass is 299 g/mol. The van der Waals surface area contributed by atoms with Crippen molar-refractivity contribution < 1.29 is 22.8 Å². The molecular formula is C10H6Cl2F3NO2. The van der Waals surface area contributed by atoms with E-state index < -0.39 is 23.7 Å². The lowest BCUT2D eigenvalue weighted by Gasteiger charge is -2.11. The first-order valence-electron chi connectivity index (χ1n) is 4.52. The lowest BCUT2D eigenvalue weighted by molar-refractivity contribution is -0.167. The quantitative estimate of drug-likeness (QED) is 0.688. The highest BCUT2D eigenvalue weighted by Gasteiger charge is 2.39. The maximum Gasteiger partial charge on any atom is 0.471 e. The Hall–Kier alpha value is -1.27. The van der Waals surface area contributed by atoms with Crippen LogP contribution in [0.4, 0.5) is 18.9 Å². The smallest absolute Gasteiger partial charge is 0.318 e. The van der Waals surface area contributed by atoms with Crippen LogP contribution >= 0.6 is 23.2 Å². The van der Waals surface area contributed by atoms with Gasteiger partial charge < -0.3 is 5.32 Å². The highest BCUT2D eigenvalue weighted by Crippen LogP contribution is 2.24. The van der Waals surface area contributed by atoms with E-state index in [9.17, 15) is 22.8 Å². The van der Waals surface area contributed by atoms with Crippen molar-refractivity contribution in [3.05, 3.63) is 28.8 Å². The molecule has 0 fully saturated rings. The summed E-state index contributed by atoms with van der Waals surface area (Å²) >= 11 is 10.9. The lowest BCUT2D eigenvalue weighted by Crippen LogP contribution is -2.30. The van der Waals surface area contributed by atoms with Gasteiger partial charge in [-0.1, -0.05) is 11.6 Å². The number of anilines is 1. The Morgan fingerprint density at radius 3 is 2.39 bits per heavy atom. The molecule has 1 aromatic rings. The number of carbonyl (C=O) groups excluding carboxylic acids is 2. The zero-order chi connectivity index (χ0) is 13.9. The number of hydrogen-bond donors (Lipinski definition) is 1. The highest BCUT2D eigenvalue weighted by molar-refractivity contribution is 6.33. The minimum atomic E-state index is -5.04. The van der Waals surface area contributed by atoms with Gasteiger partial charge in [-0.2, -0.15) is 13.2 Å². The van der Waals surface area contributed by atoms with Crippen LogP contribution in [-0.4, -0.2) is 23.7 Å². The van der Waals surface area contributed by atoms with E-state index in [2.05, 4.69) is 0 Å². The fourth-order valence-electron chi connectivity index (χ4n) is 1.12. The Bertz CT molecular complexity index is 489. The first-order valence-corrected chi connectivity index (χ1v) is 5.44. The van der Waals surface area contributed by atoms with E-state index in [-0.39, 0.29) is 16.3 Å². The largest absolute Gasteiger partial charge is 0.471 e.